The molecule has 1 saturated heterocycles. The van der Waals surface area contributed by atoms with Gasteiger partial charge in [-0.1, -0.05) is 0 Å². The lowest BCUT2D eigenvalue weighted by atomic mass is 9.88. The zero-order valence-corrected chi connectivity index (χ0v) is 16.1. The molecule has 0 bridgehead atoms. The molecule has 166 valence electrons. The van der Waals surface area contributed by atoms with Crippen molar-refractivity contribution in [3.8, 4) is 0 Å². The van der Waals surface area contributed by atoms with Gasteiger partial charge in [-0.15, -0.1) is 0 Å². The van der Waals surface area contributed by atoms with Crippen molar-refractivity contribution >= 4 is 23.8 Å². The minimum Gasteiger partial charge on any atom is -0.477 e. The van der Waals surface area contributed by atoms with Crippen molar-refractivity contribution in [3.05, 3.63) is 0 Å². The van der Waals surface area contributed by atoms with Gasteiger partial charge in [0.05, 0.1) is 19.1 Å². The van der Waals surface area contributed by atoms with Crippen LogP contribution in [0.5, 0.6) is 0 Å². The van der Waals surface area contributed by atoms with Crippen LogP contribution >= 0.6 is 0 Å². The van der Waals surface area contributed by atoms with Crippen molar-refractivity contribution in [2.75, 3.05) is 20.3 Å². The molecule has 0 spiro atoms. The Bertz CT molecular complexity index is 621. The monoisotopic (exact) mass is 423 g/mol. The number of carboxylic acids is 1. The van der Waals surface area contributed by atoms with E-state index in [2.05, 4.69) is 5.32 Å². The molecule has 1 fully saturated rings. The first-order valence-electron chi connectivity index (χ1n) is 8.51. The van der Waals surface area contributed by atoms with E-state index in [0.717, 1.165) is 21.0 Å². The molecule has 1 unspecified atom stereocenters. The Balaban J connectivity index is 3.49. The summed E-state index contributed by atoms with van der Waals surface area (Å²) in [6.45, 7) is 0.364. The van der Waals surface area contributed by atoms with Gasteiger partial charge < -0.3 is 44.7 Å². The third-order valence-electron chi connectivity index (χ3n) is 4.16. The molecule has 1 aliphatic rings. The van der Waals surface area contributed by atoms with E-state index in [4.69, 9.17) is 24.1 Å². The number of hydrogen-bond acceptors (Lipinski definition) is 11. The maximum absolute atomic E-state index is 11.8. The van der Waals surface area contributed by atoms with Gasteiger partial charge in [0.1, 0.15) is 24.9 Å². The van der Waals surface area contributed by atoms with E-state index in [1.165, 1.54) is 0 Å². The van der Waals surface area contributed by atoms with Gasteiger partial charge in [0, 0.05) is 21.0 Å². The molecule has 6 atom stereocenters. The van der Waals surface area contributed by atoms with Crippen LogP contribution in [0.2, 0.25) is 0 Å². The molecule has 0 aromatic carbocycles. The largest absolute Gasteiger partial charge is 0.477 e. The number of aliphatic carboxylic acids is 1. The Labute approximate surface area is 165 Å². The van der Waals surface area contributed by atoms with Gasteiger partial charge in [-0.05, 0) is 0 Å². The molecular formula is C16H25NO12. The molecule has 13 heteroatoms. The fourth-order valence-electron chi connectivity index (χ4n) is 2.96. The highest BCUT2D eigenvalue weighted by Gasteiger charge is 2.56. The third kappa shape index (κ3) is 6.33. The first kappa shape index (κ1) is 24.7. The second-order valence-electron chi connectivity index (χ2n) is 6.31. The lowest BCUT2D eigenvalue weighted by molar-refractivity contribution is -0.298. The summed E-state index contributed by atoms with van der Waals surface area (Å²) in [6, 6.07) is -1.37. The van der Waals surface area contributed by atoms with Crippen molar-refractivity contribution in [2.24, 2.45) is 0 Å². The number of amides is 1. The van der Waals surface area contributed by atoms with Crippen LogP contribution in [0.4, 0.5) is 0 Å². The second-order valence-corrected chi connectivity index (χ2v) is 6.31. The lowest BCUT2D eigenvalue weighted by Gasteiger charge is -2.46. The Kier molecular flexibility index (Phi) is 8.91. The van der Waals surface area contributed by atoms with Crippen LogP contribution in [0.3, 0.4) is 0 Å². The summed E-state index contributed by atoms with van der Waals surface area (Å²) in [7, 11) is 1.16. The molecule has 1 heterocycles. The summed E-state index contributed by atoms with van der Waals surface area (Å²) in [5, 5.41) is 40.6. The molecule has 29 heavy (non-hydrogen) atoms. The molecule has 0 aromatic rings. The van der Waals surface area contributed by atoms with Gasteiger partial charge in [-0.2, -0.15) is 0 Å². The van der Waals surface area contributed by atoms with E-state index in [-0.39, 0.29) is 0 Å². The van der Waals surface area contributed by atoms with Crippen LogP contribution in [0.15, 0.2) is 0 Å². The van der Waals surface area contributed by atoms with E-state index in [1.54, 1.807) is 0 Å². The van der Waals surface area contributed by atoms with Gasteiger partial charge in [-0.25, -0.2) is 4.79 Å². The van der Waals surface area contributed by atoms with E-state index in [0.29, 0.717) is 0 Å². The maximum Gasteiger partial charge on any atom is 0.364 e. The highest BCUT2D eigenvalue weighted by Crippen LogP contribution is 2.33. The Hall–Kier alpha value is -2.32. The molecule has 1 amide bonds. The first-order chi connectivity index (χ1) is 13.5. The molecule has 0 aromatic heterocycles. The Morgan fingerprint density at radius 1 is 1.21 bits per heavy atom. The fraction of sp³-hybridized carbons (Fsp3) is 0.750. The average molecular weight is 423 g/mol. The van der Waals surface area contributed by atoms with E-state index < -0.39 is 79.7 Å². The summed E-state index contributed by atoms with van der Waals surface area (Å²) in [6.07, 6.45) is -6.66. The third-order valence-corrected chi connectivity index (χ3v) is 4.16. The average Bonchev–Trinajstić information content (AvgIpc) is 2.62. The van der Waals surface area contributed by atoms with Gasteiger partial charge in [0.15, 0.2) is 6.10 Å². The smallest absolute Gasteiger partial charge is 0.364 e. The van der Waals surface area contributed by atoms with Crippen LogP contribution in [-0.4, -0.2) is 101 Å². The SMILES string of the molecule is CO[C@H](CO)[C@@H](OC(C)=O)[C@@H]1OC(O)(C(=O)O)C[C@H](OC(C)=O)[C@H]1NC(=O)CO. The van der Waals surface area contributed by atoms with Gasteiger partial charge in [-0.3, -0.25) is 14.4 Å². The highest BCUT2D eigenvalue weighted by molar-refractivity contribution is 5.78. The molecule has 1 aliphatic heterocycles. The number of aliphatic hydroxyl groups is 3. The van der Waals surface area contributed by atoms with E-state index in [1.807, 2.05) is 0 Å². The second kappa shape index (κ2) is 10.5. The molecule has 0 saturated carbocycles. The zero-order chi connectivity index (χ0) is 22.4. The van der Waals surface area contributed by atoms with E-state index in [9.17, 15) is 34.5 Å². The number of carbonyl (C=O) groups excluding carboxylic acids is 3. The van der Waals surface area contributed by atoms with Gasteiger partial charge in [0.2, 0.25) is 5.91 Å². The molecular weight excluding hydrogens is 398 g/mol. The summed E-state index contributed by atoms with van der Waals surface area (Å²) < 4.78 is 20.4. The number of carboxylic acid groups (broad SMARTS) is 1. The molecule has 0 aliphatic carbocycles. The maximum atomic E-state index is 11.8. The number of ether oxygens (including phenoxy) is 4. The quantitative estimate of drug-likeness (QED) is 0.234. The number of hydrogen-bond donors (Lipinski definition) is 5. The number of carbonyl (C=O) groups is 4. The van der Waals surface area contributed by atoms with Crippen molar-refractivity contribution in [1.82, 2.24) is 5.32 Å². The molecule has 0 radical (unpaired) electrons. The first-order valence-corrected chi connectivity index (χ1v) is 8.51. The number of esters is 2. The summed E-state index contributed by atoms with van der Waals surface area (Å²) in [5.41, 5.74) is 0. The number of rotatable bonds is 9. The van der Waals surface area contributed by atoms with E-state index >= 15 is 0 Å². The number of nitrogens with one attached hydrogen (secondary N) is 1. The number of aliphatic hydroxyl groups excluding tert-OH is 2. The van der Waals surface area contributed by atoms with Crippen molar-refractivity contribution < 1.29 is 58.6 Å². The summed E-state index contributed by atoms with van der Waals surface area (Å²) >= 11 is 0. The van der Waals surface area contributed by atoms with Gasteiger partial charge in [0.25, 0.3) is 5.79 Å². The van der Waals surface area contributed by atoms with Gasteiger partial charge >= 0.3 is 17.9 Å². The Morgan fingerprint density at radius 3 is 2.24 bits per heavy atom. The van der Waals surface area contributed by atoms with Crippen molar-refractivity contribution in [1.29, 1.82) is 0 Å². The van der Waals surface area contributed by atoms with Crippen LogP contribution in [0.1, 0.15) is 20.3 Å². The molecule has 13 nitrogen and oxygen atoms in total. The minimum absolute atomic E-state index is 0.710. The number of methoxy groups -OCH3 is 1. The van der Waals surface area contributed by atoms with Crippen molar-refractivity contribution in [3.63, 3.8) is 0 Å². The normalized spacial score (nSPS) is 28.7. The zero-order valence-electron chi connectivity index (χ0n) is 16.1. The fourth-order valence-corrected chi connectivity index (χ4v) is 2.96. The van der Waals surface area contributed by atoms with Crippen LogP contribution in [0.25, 0.3) is 0 Å². The Morgan fingerprint density at radius 2 is 1.83 bits per heavy atom. The van der Waals surface area contributed by atoms with Crippen LogP contribution in [-0.2, 0) is 38.1 Å². The predicted octanol–water partition coefficient (Wildman–Crippen LogP) is -3.10. The lowest BCUT2D eigenvalue weighted by Crippen LogP contribution is -2.68. The van der Waals surface area contributed by atoms with Crippen LogP contribution in [0, 0.1) is 0 Å². The topological polar surface area (TPSA) is 198 Å². The van der Waals surface area contributed by atoms with Crippen molar-refractivity contribution in [2.45, 2.75) is 56.5 Å². The van der Waals surface area contributed by atoms with Crippen LogP contribution < -0.4 is 5.32 Å². The predicted molar refractivity (Wildman–Crippen MR) is 90.1 cm³/mol. The highest BCUT2D eigenvalue weighted by atomic mass is 16.7. The molecule has 5 N–H and O–H groups in total. The summed E-state index contributed by atoms with van der Waals surface area (Å²) in [5.74, 6) is -7.37. The standard InChI is InChI=1S/C16H25NO12/c1-7(20)27-9-4-16(25,15(23)24)29-14(12(9)17-11(22)6-19)13(28-8(2)21)10(5-18)26-3/h9-10,12-14,18-19,25H,4-6H2,1-3H3,(H,17,22)(H,23,24)/t9-,10+,12+,13+,14+,16?/m0/s1. The summed E-state index contributed by atoms with van der Waals surface area (Å²) in [4.78, 5) is 46.4. The molecule has 1 rings (SSSR count). The minimum atomic E-state index is -2.88.